The van der Waals surface area contributed by atoms with Gasteiger partial charge in [-0.3, -0.25) is 0 Å². The van der Waals surface area contributed by atoms with Gasteiger partial charge in [0.25, 0.3) is 6.43 Å². The first-order valence-electron chi connectivity index (χ1n) is 3.86. The summed E-state index contributed by atoms with van der Waals surface area (Å²) in [5, 5.41) is 0. The van der Waals surface area contributed by atoms with E-state index < -0.39 is 12.6 Å². The summed E-state index contributed by atoms with van der Waals surface area (Å²) < 4.78 is 36.5. The van der Waals surface area contributed by atoms with Crippen molar-refractivity contribution in [1.82, 2.24) is 0 Å². The number of hydrogen-bond donors (Lipinski definition) is 1. The minimum absolute atomic E-state index is 0.00722. The average molecular weight is 189 g/mol. The molecule has 0 amide bonds. The summed E-state index contributed by atoms with van der Waals surface area (Å²) in [6, 6.07) is 5.76. The molecular formula is C9H10F3N. The first-order chi connectivity index (χ1) is 6.15. The fourth-order valence-corrected chi connectivity index (χ4v) is 0.983. The number of hydrogen-bond acceptors (Lipinski definition) is 1. The monoisotopic (exact) mass is 189 g/mol. The molecule has 1 nitrogen and oxygen atoms in total. The van der Waals surface area contributed by atoms with Crippen molar-refractivity contribution in [3.63, 3.8) is 0 Å². The van der Waals surface area contributed by atoms with Gasteiger partial charge in [-0.2, -0.15) is 0 Å². The van der Waals surface area contributed by atoms with Crippen molar-refractivity contribution < 1.29 is 13.2 Å². The van der Waals surface area contributed by atoms with E-state index in [0.29, 0.717) is 6.54 Å². The maximum absolute atomic E-state index is 12.7. The maximum atomic E-state index is 12.7. The summed E-state index contributed by atoms with van der Waals surface area (Å²) in [5.41, 5.74) is 6.08. The molecule has 1 rings (SSSR count). The van der Waals surface area contributed by atoms with Crippen LogP contribution in [0, 0.1) is 0 Å². The van der Waals surface area contributed by atoms with E-state index in [1.807, 2.05) is 0 Å². The van der Waals surface area contributed by atoms with E-state index in [-0.39, 0.29) is 5.56 Å². The summed E-state index contributed by atoms with van der Waals surface area (Å²) in [5.74, 6) is 0. The van der Waals surface area contributed by atoms with Crippen LogP contribution in [-0.2, 0) is 6.54 Å². The van der Waals surface area contributed by atoms with Gasteiger partial charge in [-0.25, -0.2) is 13.2 Å². The van der Waals surface area contributed by atoms with Crippen LogP contribution < -0.4 is 5.73 Å². The molecule has 1 aromatic carbocycles. The van der Waals surface area contributed by atoms with Crippen molar-refractivity contribution in [3.8, 4) is 0 Å². The summed E-state index contributed by atoms with van der Waals surface area (Å²) in [6.07, 6.45) is -5.17. The molecular weight excluding hydrogens is 179 g/mol. The van der Waals surface area contributed by atoms with Crippen LogP contribution in [0.25, 0.3) is 0 Å². The van der Waals surface area contributed by atoms with Crippen molar-refractivity contribution in [2.24, 2.45) is 5.73 Å². The molecule has 0 aliphatic carbocycles. The van der Waals surface area contributed by atoms with Crippen LogP contribution in [0.1, 0.15) is 17.3 Å². The predicted octanol–water partition coefficient (Wildman–Crippen LogP) is 2.42. The van der Waals surface area contributed by atoms with Gasteiger partial charge in [0.2, 0.25) is 0 Å². The maximum Gasteiger partial charge on any atom is 0.273 e. The Morgan fingerprint density at radius 3 is 2.00 bits per heavy atom. The lowest BCUT2D eigenvalue weighted by atomic mass is 10.1. The Balaban J connectivity index is 2.79. The molecule has 0 bridgehead atoms. The summed E-state index contributed by atoms with van der Waals surface area (Å²) in [4.78, 5) is 0. The fraction of sp³-hybridized carbons (Fsp3) is 0.333. The molecule has 4 heteroatoms. The van der Waals surface area contributed by atoms with Crippen molar-refractivity contribution in [1.29, 1.82) is 0 Å². The molecule has 13 heavy (non-hydrogen) atoms. The SMILES string of the molecule is NCc1ccc(C(F)C(F)F)cc1. The first-order valence-corrected chi connectivity index (χ1v) is 3.86. The van der Waals surface area contributed by atoms with Crippen LogP contribution in [-0.4, -0.2) is 6.43 Å². The number of alkyl halides is 3. The second-order valence-electron chi connectivity index (χ2n) is 2.68. The van der Waals surface area contributed by atoms with Gasteiger partial charge in [0.15, 0.2) is 6.17 Å². The fourth-order valence-electron chi connectivity index (χ4n) is 0.983. The lowest BCUT2D eigenvalue weighted by molar-refractivity contribution is 0.0495. The molecule has 0 saturated heterocycles. The Kier molecular flexibility index (Phi) is 3.31. The molecule has 0 aromatic heterocycles. The number of benzene rings is 1. The average Bonchev–Trinajstić information content (AvgIpc) is 2.17. The zero-order valence-electron chi connectivity index (χ0n) is 6.88. The molecule has 0 fully saturated rings. The minimum atomic E-state index is -2.97. The van der Waals surface area contributed by atoms with Crippen molar-refractivity contribution in [2.45, 2.75) is 19.1 Å². The van der Waals surface area contributed by atoms with Crippen LogP contribution in [0.2, 0.25) is 0 Å². The Bertz CT molecular complexity index is 258. The lowest BCUT2D eigenvalue weighted by Gasteiger charge is -2.07. The number of halogens is 3. The third-order valence-electron chi connectivity index (χ3n) is 1.76. The smallest absolute Gasteiger partial charge is 0.273 e. The number of nitrogens with two attached hydrogens (primary N) is 1. The second kappa shape index (κ2) is 4.28. The van der Waals surface area contributed by atoms with Gasteiger partial charge in [-0.05, 0) is 11.1 Å². The van der Waals surface area contributed by atoms with E-state index in [0.717, 1.165) is 5.56 Å². The van der Waals surface area contributed by atoms with Crippen LogP contribution in [0.4, 0.5) is 13.2 Å². The zero-order chi connectivity index (χ0) is 9.84. The predicted molar refractivity (Wildman–Crippen MR) is 44.2 cm³/mol. The molecule has 0 heterocycles. The summed E-state index contributed by atoms with van der Waals surface area (Å²) in [7, 11) is 0. The normalized spacial score (nSPS) is 13.3. The molecule has 0 saturated carbocycles. The van der Waals surface area contributed by atoms with Gasteiger partial charge in [0.05, 0.1) is 0 Å². The Morgan fingerprint density at radius 1 is 1.08 bits per heavy atom. The van der Waals surface area contributed by atoms with E-state index >= 15 is 0 Å². The molecule has 1 atom stereocenters. The zero-order valence-corrected chi connectivity index (χ0v) is 6.88. The third-order valence-corrected chi connectivity index (χ3v) is 1.76. The standard InChI is InChI=1S/C9H10F3N/c10-8(9(11)12)7-3-1-6(5-13)2-4-7/h1-4,8-9H,5,13H2. The van der Waals surface area contributed by atoms with Crippen LogP contribution >= 0.6 is 0 Å². The van der Waals surface area contributed by atoms with E-state index in [1.54, 1.807) is 12.1 Å². The van der Waals surface area contributed by atoms with Crippen LogP contribution in [0.5, 0.6) is 0 Å². The highest BCUT2D eigenvalue weighted by molar-refractivity contribution is 5.24. The van der Waals surface area contributed by atoms with Crippen molar-refractivity contribution >= 4 is 0 Å². The second-order valence-corrected chi connectivity index (χ2v) is 2.68. The largest absolute Gasteiger partial charge is 0.326 e. The van der Waals surface area contributed by atoms with E-state index in [2.05, 4.69) is 0 Å². The Hall–Kier alpha value is -1.03. The van der Waals surface area contributed by atoms with E-state index in [9.17, 15) is 13.2 Å². The molecule has 0 radical (unpaired) electrons. The van der Waals surface area contributed by atoms with Gasteiger partial charge in [-0.1, -0.05) is 24.3 Å². The van der Waals surface area contributed by atoms with Gasteiger partial charge >= 0.3 is 0 Å². The van der Waals surface area contributed by atoms with Gasteiger partial charge in [0, 0.05) is 6.54 Å². The van der Waals surface area contributed by atoms with Crippen molar-refractivity contribution in [2.75, 3.05) is 0 Å². The van der Waals surface area contributed by atoms with Gasteiger partial charge in [0.1, 0.15) is 0 Å². The minimum Gasteiger partial charge on any atom is -0.326 e. The summed E-state index contributed by atoms with van der Waals surface area (Å²) in [6.45, 7) is 0.325. The van der Waals surface area contributed by atoms with Gasteiger partial charge < -0.3 is 5.73 Å². The van der Waals surface area contributed by atoms with Gasteiger partial charge in [-0.15, -0.1) is 0 Å². The Labute approximate surface area is 74.4 Å². The highest BCUT2D eigenvalue weighted by atomic mass is 19.3. The van der Waals surface area contributed by atoms with Crippen LogP contribution in [0.3, 0.4) is 0 Å². The molecule has 0 aliphatic heterocycles. The van der Waals surface area contributed by atoms with E-state index in [1.165, 1.54) is 12.1 Å². The molecule has 2 N–H and O–H groups in total. The highest BCUT2D eigenvalue weighted by Crippen LogP contribution is 2.24. The summed E-state index contributed by atoms with van der Waals surface area (Å²) >= 11 is 0. The molecule has 72 valence electrons. The molecule has 0 aliphatic rings. The molecule has 1 unspecified atom stereocenters. The quantitative estimate of drug-likeness (QED) is 0.776. The first kappa shape index (κ1) is 10.1. The topological polar surface area (TPSA) is 26.0 Å². The van der Waals surface area contributed by atoms with E-state index in [4.69, 9.17) is 5.73 Å². The molecule has 1 aromatic rings. The molecule has 0 spiro atoms. The van der Waals surface area contributed by atoms with Crippen molar-refractivity contribution in [3.05, 3.63) is 35.4 Å². The number of rotatable bonds is 3. The third kappa shape index (κ3) is 2.45. The highest BCUT2D eigenvalue weighted by Gasteiger charge is 2.20. The lowest BCUT2D eigenvalue weighted by Crippen LogP contribution is -2.03. The van der Waals surface area contributed by atoms with Crippen LogP contribution in [0.15, 0.2) is 24.3 Å². The Morgan fingerprint density at radius 2 is 1.62 bits per heavy atom.